The van der Waals surface area contributed by atoms with Gasteiger partial charge in [-0.25, -0.2) is 4.79 Å². The van der Waals surface area contributed by atoms with E-state index in [1.54, 1.807) is 0 Å². The third kappa shape index (κ3) is 5.88. The fourth-order valence-electron chi connectivity index (χ4n) is 2.56. The Morgan fingerprint density at radius 2 is 1.50 bits per heavy atom. The van der Waals surface area contributed by atoms with Crippen molar-refractivity contribution in [3.8, 4) is 0 Å². The summed E-state index contributed by atoms with van der Waals surface area (Å²) in [6.45, 7) is 9.69. The monoisotopic (exact) mass is 403 g/mol. The fraction of sp³-hybridized carbons (Fsp3) is 0.217. The summed E-state index contributed by atoms with van der Waals surface area (Å²) >= 11 is 0. The van der Waals surface area contributed by atoms with Crippen LogP contribution in [0.3, 0.4) is 0 Å². The lowest BCUT2D eigenvalue weighted by molar-refractivity contribution is -0.138. The Balaban J connectivity index is 1.76. The molecule has 3 aromatic rings. The predicted molar refractivity (Wildman–Crippen MR) is 118 cm³/mol. The molecule has 0 amide bonds. The molecule has 7 nitrogen and oxygen atoms in total. The first-order valence-corrected chi connectivity index (χ1v) is 9.68. The highest BCUT2D eigenvalue weighted by molar-refractivity contribution is 5.81. The van der Waals surface area contributed by atoms with Crippen LogP contribution in [0.4, 0.5) is 23.3 Å². The molecule has 0 unspecified atom stereocenters. The molecule has 0 saturated heterocycles. The maximum atomic E-state index is 11.2. The number of hydrogen-bond acceptors (Lipinski definition) is 7. The molecule has 2 aromatic carbocycles. The van der Waals surface area contributed by atoms with Crippen molar-refractivity contribution in [3.05, 3.63) is 78.1 Å². The first-order valence-electron chi connectivity index (χ1n) is 9.68. The van der Waals surface area contributed by atoms with E-state index in [1.807, 2.05) is 69.3 Å². The number of ether oxygens (including phenoxy) is 1. The van der Waals surface area contributed by atoms with Gasteiger partial charge in [-0.3, -0.25) is 0 Å². The van der Waals surface area contributed by atoms with Crippen LogP contribution in [0.5, 0.6) is 0 Å². The highest BCUT2D eigenvalue weighted by Crippen LogP contribution is 2.20. The Labute approximate surface area is 176 Å². The lowest BCUT2D eigenvalue weighted by atomic mass is 10.2. The number of nitrogens with zero attached hydrogens (tertiary/aromatic N) is 3. The van der Waals surface area contributed by atoms with E-state index in [0.29, 0.717) is 17.7 Å². The van der Waals surface area contributed by atoms with Crippen molar-refractivity contribution < 1.29 is 9.53 Å². The normalized spacial score (nSPS) is 10.5. The maximum Gasteiger partial charge on any atom is 0.330 e. The summed E-state index contributed by atoms with van der Waals surface area (Å²) in [6.07, 6.45) is 1.14. The second kappa shape index (κ2) is 9.65. The second-order valence-corrected chi connectivity index (χ2v) is 7.12. The molecule has 1 aromatic heterocycles. The van der Waals surface area contributed by atoms with Gasteiger partial charge in [-0.2, -0.15) is 15.0 Å². The number of rotatable bonds is 8. The molecule has 154 valence electrons. The van der Waals surface area contributed by atoms with Gasteiger partial charge in [0, 0.05) is 23.4 Å². The standard InChI is InChI=1S/C23H25N5O2/c1-5-20(29)30-14-17-8-12-19(13-9-17)25-23-27-21(15(2)3)26-22(28-23)24-18-10-6-16(4)7-11-18/h5-13,15H,1,14H2,2-4H3,(H2,24,25,26,27,28). The topological polar surface area (TPSA) is 89.0 Å². The SMILES string of the molecule is C=CC(=O)OCc1ccc(Nc2nc(Nc3ccc(C)cc3)nc(C(C)C)n2)cc1. The van der Waals surface area contributed by atoms with Crippen LogP contribution < -0.4 is 10.6 Å². The first-order chi connectivity index (χ1) is 14.4. The van der Waals surface area contributed by atoms with Crippen molar-refractivity contribution in [2.24, 2.45) is 0 Å². The lowest BCUT2D eigenvalue weighted by Crippen LogP contribution is -2.08. The number of aryl methyl sites for hydroxylation is 1. The highest BCUT2D eigenvalue weighted by atomic mass is 16.5. The summed E-state index contributed by atoms with van der Waals surface area (Å²) in [6, 6.07) is 15.5. The summed E-state index contributed by atoms with van der Waals surface area (Å²) < 4.78 is 5.04. The highest BCUT2D eigenvalue weighted by Gasteiger charge is 2.10. The van der Waals surface area contributed by atoms with Gasteiger partial charge < -0.3 is 15.4 Å². The van der Waals surface area contributed by atoms with E-state index in [-0.39, 0.29) is 12.5 Å². The predicted octanol–water partition coefficient (Wildman–Crippen LogP) is 5.02. The van der Waals surface area contributed by atoms with Gasteiger partial charge in [0.25, 0.3) is 0 Å². The van der Waals surface area contributed by atoms with Gasteiger partial charge in [0.15, 0.2) is 0 Å². The average Bonchev–Trinajstić information content (AvgIpc) is 2.74. The molecule has 0 aliphatic rings. The Kier molecular flexibility index (Phi) is 6.75. The van der Waals surface area contributed by atoms with Gasteiger partial charge in [0.05, 0.1) is 0 Å². The molecule has 0 spiro atoms. The zero-order valence-electron chi connectivity index (χ0n) is 17.3. The molecule has 30 heavy (non-hydrogen) atoms. The molecular formula is C23H25N5O2. The molecule has 0 atom stereocenters. The van der Waals surface area contributed by atoms with Crippen LogP contribution in [0.1, 0.15) is 36.7 Å². The van der Waals surface area contributed by atoms with Crippen molar-refractivity contribution in [1.82, 2.24) is 15.0 Å². The van der Waals surface area contributed by atoms with Crippen LogP contribution in [0.15, 0.2) is 61.2 Å². The molecular weight excluding hydrogens is 378 g/mol. The Morgan fingerprint density at radius 3 is 2.00 bits per heavy atom. The smallest absolute Gasteiger partial charge is 0.330 e. The van der Waals surface area contributed by atoms with Crippen molar-refractivity contribution in [1.29, 1.82) is 0 Å². The average molecular weight is 403 g/mol. The molecule has 0 fully saturated rings. The van der Waals surface area contributed by atoms with Gasteiger partial charge in [0.2, 0.25) is 11.9 Å². The number of carbonyl (C=O) groups is 1. The molecule has 7 heteroatoms. The number of carbonyl (C=O) groups excluding carboxylic acids is 1. The van der Waals surface area contributed by atoms with Gasteiger partial charge in [0.1, 0.15) is 12.4 Å². The molecule has 0 aliphatic heterocycles. The third-order valence-electron chi connectivity index (χ3n) is 4.23. The minimum absolute atomic E-state index is 0.147. The Hall–Kier alpha value is -3.74. The number of aromatic nitrogens is 3. The molecule has 0 bridgehead atoms. The largest absolute Gasteiger partial charge is 0.458 e. The van der Waals surface area contributed by atoms with Crippen molar-refractivity contribution in [3.63, 3.8) is 0 Å². The molecule has 0 saturated carbocycles. The van der Waals surface area contributed by atoms with Crippen LogP contribution in [-0.2, 0) is 16.1 Å². The summed E-state index contributed by atoms with van der Waals surface area (Å²) in [5.74, 6) is 1.32. The summed E-state index contributed by atoms with van der Waals surface area (Å²) in [7, 11) is 0. The molecule has 3 rings (SSSR count). The van der Waals surface area contributed by atoms with Crippen LogP contribution >= 0.6 is 0 Å². The molecule has 1 heterocycles. The van der Waals surface area contributed by atoms with Gasteiger partial charge >= 0.3 is 5.97 Å². The molecule has 0 radical (unpaired) electrons. The minimum atomic E-state index is -0.447. The number of nitrogens with one attached hydrogen (secondary N) is 2. The molecule has 0 aliphatic carbocycles. The van der Waals surface area contributed by atoms with E-state index in [2.05, 4.69) is 32.2 Å². The zero-order valence-corrected chi connectivity index (χ0v) is 17.3. The van der Waals surface area contributed by atoms with E-state index in [9.17, 15) is 4.79 Å². The van der Waals surface area contributed by atoms with E-state index in [1.165, 1.54) is 5.56 Å². The van der Waals surface area contributed by atoms with Gasteiger partial charge in [-0.15, -0.1) is 0 Å². The van der Waals surface area contributed by atoms with E-state index < -0.39 is 5.97 Å². The maximum absolute atomic E-state index is 11.2. The second-order valence-electron chi connectivity index (χ2n) is 7.12. The Morgan fingerprint density at radius 1 is 0.967 bits per heavy atom. The van der Waals surface area contributed by atoms with Crippen molar-refractivity contribution in [2.45, 2.75) is 33.3 Å². The van der Waals surface area contributed by atoms with Gasteiger partial charge in [-0.1, -0.05) is 50.3 Å². The van der Waals surface area contributed by atoms with E-state index in [0.717, 1.165) is 23.0 Å². The number of hydrogen-bond donors (Lipinski definition) is 2. The summed E-state index contributed by atoms with van der Waals surface area (Å²) in [5.41, 5.74) is 3.78. The quantitative estimate of drug-likeness (QED) is 0.403. The van der Waals surface area contributed by atoms with Crippen LogP contribution in [0.2, 0.25) is 0 Å². The van der Waals surface area contributed by atoms with Crippen LogP contribution in [-0.4, -0.2) is 20.9 Å². The van der Waals surface area contributed by atoms with Crippen molar-refractivity contribution in [2.75, 3.05) is 10.6 Å². The Bertz CT molecular complexity index is 1010. The fourth-order valence-corrected chi connectivity index (χ4v) is 2.56. The van der Waals surface area contributed by atoms with E-state index in [4.69, 9.17) is 4.74 Å². The summed E-state index contributed by atoms with van der Waals surface area (Å²) in [4.78, 5) is 24.7. The van der Waals surface area contributed by atoms with Crippen molar-refractivity contribution >= 4 is 29.2 Å². The van der Waals surface area contributed by atoms with Gasteiger partial charge in [-0.05, 0) is 36.8 Å². The third-order valence-corrected chi connectivity index (χ3v) is 4.23. The summed E-state index contributed by atoms with van der Waals surface area (Å²) in [5, 5.41) is 6.45. The number of esters is 1. The first kappa shape index (κ1) is 21.0. The zero-order chi connectivity index (χ0) is 21.5. The lowest BCUT2D eigenvalue weighted by Gasteiger charge is -2.12. The van der Waals surface area contributed by atoms with Crippen LogP contribution in [0, 0.1) is 6.92 Å². The number of anilines is 4. The minimum Gasteiger partial charge on any atom is -0.458 e. The number of benzene rings is 2. The van der Waals surface area contributed by atoms with E-state index >= 15 is 0 Å². The van der Waals surface area contributed by atoms with Crippen LogP contribution in [0.25, 0.3) is 0 Å². The molecule has 2 N–H and O–H groups in total.